The van der Waals surface area contributed by atoms with Gasteiger partial charge >= 0.3 is 0 Å². The molecule has 3 rings (SSSR count). The van der Waals surface area contributed by atoms with Gasteiger partial charge in [0.2, 0.25) is 0 Å². The van der Waals surface area contributed by atoms with Crippen molar-refractivity contribution in [1.82, 2.24) is 0 Å². The van der Waals surface area contributed by atoms with Crippen molar-refractivity contribution in [3.05, 3.63) is 114 Å². The number of hydrogen-bond acceptors (Lipinski definition) is 2. The fraction of sp³-hybridized carbons (Fsp3) is 0.0435. The molecule has 0 heterocycles. The highest BCUT2D eigenvalue weighted by molar-refractivity contribution is 6.11. The Labute approximate surface area is 147 Å². The molecule has 0 N–H and O–H groups in total. The van der Waals surface area contributed by atoms with Gasteiger partial charge in [-0.2, -0.15) is 0 Å². The quantitative estimate of drug-likeness (QED) is 0.459. The lowest BCUT2D eigenvalue weighted by Gasteiger charge is -2.08. The molecule has 0 aliphatic carbocycles. The van der Waals surface area contributed by atoms with Gasteiger partial charge in [-0.15, -0.1) is 0 Å². The SMILES string of the molecule is O=C(/C=C(\CC(=O)c1ccccc1)c1ccccc1)c1ccccc1. The van der Waals surface area contributed by atoms with Crippen molar-refractivity contribution in [2.24, 2.45) is 0 Å². The Balaban J connectivity index is 1.92. The topological polar surface area (TPSA) is 34.1 Å². The highest BCUT2D eigenvalue weighted by atomic mass is 16.1. The summed E-state index contributed by atoms with van der Waals surface area (Å²) in [5, 5.41) is 0. The summed E-state index contributed by atoms with van der Waals surface area (Å²) in [5.41, 5.74) is 2.87. The molecule has 0 amide bonds. The van der Waals surface area contributed by atoms with Crippen molar-refractivity contribution in [1.29, 1.82) is 0 Å². The van der Waals surface area contributed by atoms with E-state index in [1.165, 1.54) is 0 Å². The second kappa shape index (κ2) is 8.02. The van der Waals surface area contributed by atoms with Crippen molar-refractivity contribution < 1.29 is 9.59 Å². The van der Waals surface area contributed by atoms with Crippen molar-refractivity contribution in [3.8, 4) is 0 Å². The Morgan fingerprint density at radius 2 is 1.04 bits per heavy atom. The Hall–Kier alpha value is -3.26. The van der Waals surface area contributed by atoms with Crippen LogP contribution in [0.4, 0.5) is 0 Å². The third-order valence-corrected chi connectivity index (χ3v) is 3.95. The van der Waals surface area contributed by atoms with E-state index in [0.717, 1.165) is 11.1 Å². The molecule has 0 aliphatic rings. The van der Waals surface area contributed by atoms with E-state index in [2.05, 4.69) is 0 Å². The number of benzene rings is 3. The second-order valence-electron chi connectivity index (χ2n) is 5.73. The summed E-state index contributed by atoms with van der Waals surface area (Å²) < 4.78 is 0. The van der Waals surface area contributed by atoms with E-state index in [1.54, 1.807) is 30.3 Å². The minimum Gasteiger partial charge on any atom is -0.294 e. The third-order valence-electron chi connectivity index (χ3n) is 3.95. The molecule has 25 heavy (non-hydrogen) atoms. The number of rotatable bonds is 6. The van der Waals surface area contributed by atoms with Gasteiger partial charge in [0, 0.05) is 17.5 Å². The third kappa shape index (κ3) is 4.39. The van der Waals surface area contributed by atoms with Gasteiger partial charge in [0.05, 0.1) is 0 Å². The Morgan fingerprint density at radius 1 is 0.600 bits per heavy atom. The predicted octanol–water partition coefficient (Wildman–Crippen LogP) is 5.23. The fourth-order valence-corrected chi connectivity index (χ4v) is 2.63. The fourth-order valence-electron chi connectivity index (χ4n) is 2.63. The number of carbonyl (C=O) groups is 2. The van der Waals surface area contributed by atoms with Gasteiger partial charge in [0.1, 0.15) is 0 Å². The highest BCUT2D eigenvalue weighted by Gasteiger charge is 2.12. The molecule has 3 aromatic carbocycles. The lowest BCUT2D eigenvalue weighted by atomic mass is 9.95. The van der Waals surface area contributed by atoms with Crippen LogP contribution < -0.4 is 0 Å². The van der Waals surface area contributed by atoms with Crippen LogP contribution in [0.15, 0.2) is 97.1 Å². The predicted molar refractivity (Wildman–Crippen MR) is 101 cm³/mol. The molecule has 2 nitrogen and oxygen atoms in total. The zero-order valence-corrected chi connectivity index (χ0v) is 13.8. The van der Waals surface area contributed by atoms with Gasteiger partial charge in [-0.05, 0) is 17.2 Å². The number of Topliss-reactive ketones (excluding diaryl/α,β-unsaturated/α-hetero) is 1. The molecule has 0 spiro atoms. The van der Waals surface area contributed by atoms with Crippen LogP contribution in [0.25, 0.3) is 5.57 Å². The summed E-state index contributed by atoms with van der Waals surface area (Å²) >= 11 is 0. The molecule has 0 unspecified atom stereocenters. The molecule has 0 saturated heterocycles. The van der Waals surface area contributed by atoms with Crippen molar-refractivity contribution in [3.63, 3.8) is 0 Å². The van der Waals surface area contributed by atoms with Crippen LogP contribution in [0.3, 0.4) is 0 Å². The molecular formula is C23H18O2. The van der Waals surface area contributed by atoms with E-state index in [-0.39, 0.29) is 18.0 Å². The molecule has 2 heteroatoms. The molecular weight excluding hydrogens is 308 g/mol. The molecule has 0 aliphatic heterocycles. The van der Waals surface area contributed by atoms with E-state index >= 15 is 0 Å². The standard InChI is InChI=1S/C23H18O2/c24-22(19-12-6-2-7-13-19)16-21(18-10-4-1-5-11-18)17-23(25)20-14-8-3-9-15-20/h1-16H,17H2/b21-16+. The monoisotopic (exact) mass is 326 g/mol. The normalized spacial score (nSPS) is 11.1. The van der Waals surface area contributed by atoms with Gasteiger partial charge in [-0.25, -0.2) is 0 Å². The first-order chi connectivity index (χ1) is 12.2. The summed E-state index contributed by atoms with van der Waals surface area (Å²) in [6, 6.07) is 27.8. The number of ketones is 2. The maximum Gasteiger partial charge on any atom is 0.186 e. The van der Waals surface area contributed by atoms with Crippen LogP contribution in [0.2, 0.25) is 0 Å². The van der Waals surface area contributed by atoms with E-state index in [4.69, 9.17) is 0 Å². The zero-order valence-electron chi connectivity index (χ0n) is 13.8. The number of carbonyl (C=O) groups excluding carboxylic acids is 2. The Kier molecular flexibility index (Phi) is 5.32. The Morgan fingerprint density at radius 3 is 1.56 bits per heavy atom. The molecule has 0 bridgehead atoms. The van der Waals surface area contributed by atoms with Crippen LogP contribution in [0, 0.1) is 0 Å². The summed E-state index contributed by atoms with van der Waals surface area (Å²) in [5.74, 6) is -0.100. The van der Waals surface area contributed by atoms with Crippen LogP contribution in [-0.2, 0) is 0 Å². The van der Waals surface area contributed by atoms with Crippen LogP contribution in [0.1, 0.15) is 32.7 Å². The molecule has 0 atom stereocenters. The molecule has 0 saturated carbocycles. The van der Waals surface area contributed by atoms with Gasteiger partial charge in [-0.3, -0.25) is 9.59 Å². The lowest BCUT2D eigenvalue weighted by molar-refractivity contribution is 0.0998. The lowest BCUT2D eigenvalue weighted by Crippen LogP contribution is -2.03. The smallest absolute Gasteiger partial charge is 0.186 e. The second-order valence-corrected chi connectivity index (χ2v) is 5.73. The number of hydrogen-bond donors (Lipinski definition) is 0. The highest BCUT2D eigenvalue weighted by Crippen LogP contribution is 2.21. The zero-order chi connectivity index (χ0) is 17.5. The van der Waals surface area contributed by atoms with Crippen molar-refractivity contribution in [2.75, 3.05) is 0 Å². The van der Waals surface area contributed by atoms with Crippen LogP contribution in [0.5, 0.6) is 0 Å². The first-order valence-corrected chi connectivity index (χ1v) is 8.17. The van der Waals surface area contributed by atoms with Gasteiger partial charge in [-0.1, -0.05) is 91.0 Å². The van der Waals surface area contributed by atoms with E-state index in [9.17, 15) is 9.59 Å². The first-order valence-electron chi connectivity index (χ1n) is 8.17. The van der Waals surface area contributed by atoms with E-state index < -0.39 is 0 Å². The van der Waals surface area contributed by atoms with Crippen LogP contribution >= 0.6 is 0 Å². The summed E-state index contributed by atoms with van der Waals surface area (Å²) in [4.78, 5) is 25.2. The summed E-state index contributed by atoms with van der Waals surface area (Å²) in [6.07, 6.45) is 1.76. The molecule has 0 aromatic heterocycles. The molecule has 122 valence electrons. The molecule has 0 radical (unpaired) electrons. The Bertz CT molecular complexity index is 879. The minimum absolute atomic E-state index is 0.00318. The maximum absolute atomic E-state index is 12.6. The summed E-state index contributed by atoms with van der Waals surface area (Å²) in [6.45, 7) is 0. The molecule has 3 aromatic rings. The molecule has 0 fully saturated rings. The first kappa shape index (κ1) is 16.6. The van der Waals surface area contributed by atoms with Crippen molar-refractivity contribution in [2.45, 2.75) is 6.42 Å². The maximum atomic E-state index is 12.6. The van der Waals surface area contributed by atoms with Gasteiger partial charge in [0.25, 0.3) is 0 Å². The summed E-state index contributed by atoms with van der Waals surface area (Å²) in [7, 11) is 0. The van der Waals surface area contributed by atoms with Crippen molar-refractivity contribution >= 4 is 17.1 Å². The average molecular weight is 326 g/mol. The largest absolute Gasteiger partial charge is 0.294 e. The van der Waals surface area contributed by atoms with E-state index in [1.807, 2.05) is 66.7 Å². The number of allylic oxidation sites excluding steroid dienone is 2. The van der Waals surface area contributed by atoms with Crippen LogP contribution in [-0.4, -0.2) is 11.6 Å². The minimum atomic E-state index is -0.0969. The van der Waals surface area contributed by atoms with E-state index in [0.29, 0.717) is 11.1 Å². The average Bonchev–Trinajstić information content (AvgIpc) is 2.69. The van der Waals surface area contributed by atoms with Gasteiger partial charge < -0.3 is 0 Å². The van der Waals surface area contributed by atoms with Gasteiger partial charge in [0.15, 0.2) is 11.6 Å².